The fourth-order valence-corrected chi connectivity index (χ4v) is 4.23. The van der Waals surface area contributed by atoms with Crippen LogP contribution >= 0.6 is 0 Å². The van der Waals surface area contributed by atoms with Crippen LogP contribution in [-0.4, -0.2) is 40.4 Å². The fraction of sp³-hybridized carbons (Fsp3) is 0.310. The first-order valence-corrected chi connectivity index (χ1v) is 12.2. The van der Waals surface area contributed by atoms with Crippen molar-refractivity contribution in [2.75, 3.05) is 17.3 Å². The van der Waals surface area contributed by atoms with Gasteiger partial charge in [-0.3, -0.25) is 9.78 Å². The first-order valence-electron chi connectivity index (χ1n) is 12.2. The molecule has 9 heteroatoms. The molecule has 0 saturated carbocycles. The molecular formula is C29H31FN4O4. The van der Waals surface area contributed by atoms with Gasteiger partial charge in [-0.05, 0) is 67.9 Å². The Bertz CT molecular complexity index is 1400. The van der Waals surface area contributed by atoms with E-state index in [2.05, 4.69) is 10.3 Å². The SMILES string of the molecule is COC(=O)c1ccc(Nc2cc(F)ccc2CN2C(=O)N(c3ccnc(C(C)(C)C)c3)C(=O)C2(C)C)cc1. The van der Waals surface area contributed by atoms with E-state index in [4.69, 9.17) is 4.74 Å². The molecule has 0 bridgehead atoms. The minimum absolute atomic E-state index is 0.0636. The van der Waals surface area contributed by atoms with Gasteiger partial charge in [0.05, 0.1) is 24.9 Å². The lowest BCUT2D eigenvalue weighted by Crippen LogP contribution is -2.43. The Balaban J connectivity index is 1.64. The van der Waals surface area contributed by atoms with Crippen LogP contribution in [0.5, 0.6) is 0 Å². The Morgan fingerprint density at radius 3 is 2.37 bits per heavy atom. The summed E-state index contributed by atoms with van der Waals surface area (Å²) in [5, 5.41) is 3.15. The van der Waals surface area contributed by atoms with Crippen LogP contribution in [0.2, 0.25) is 0 Å². The summed E-state index contributed by atoms with van der Waals surface area (Å²) in [6, 6.07) is 13.7. The molecule has 0 aliphatic carbocycles. The largest absolute Gasteiger partial charge is 0.465 e. The Morgan fingerprint density at radius 1 is 1.05 bits per heavy atom. The number of anilines is 3. The highest BCUT2D eigenvalue weighted by atomic mass is 19.1. The minimum Gasteiger partial charge on any atom is -0.465 e. The summed E-state index contributed by atoms with van der Waals surface area (Å²) in [7, 11) is 1.30. The number of methoxy groups -OCH3 is 1. The Hall–Kier alpha value is -4.27. The summed E-state index contributed by atoms with van der Waals surface area (Å²) >= 11 is 0. The molecule has 1 fully saturated rings. The van der Waals surface area contributed by atoms with Gasteiger partial charge in [0, 0.05) is 28.7 Å². The molecule has 198 valence electrons. The zero-order valence-corrected chi connectivity index (χ0v) is 22.3. The summed E-state index contributed by atoms with van der Waals surface area (Å²) in [6.45, 7) is 9.48. The molecule has 2 aromatic carbocycles. The number of rotatable bonds is 6. The summed E-state index contributed by atoms with van der Waals surface area (Å²) in [6.07, 6.45) is 1.60. The minimum atomic E-state index is -1.14. The third-order valence-electron chi connectivity index (χ3n) is 6.58. The van der Waals surface area contributed by atoms with Crippen LogP contribution in [0.25, 0.3) is 0 Å². The number of benzene rings is 2. The highest BCUT2D eigenvalue weighted by Gasteiger charge is 2.52. The number of ether oxygens (including phenoxy) is 1. The van der Waals surface area contributed by atoms with Gasteiger partial charge in [0.1, 0.15) is 11.4 Å². The Kier molecular flexibility index (Phi) is 6.97. The van der Waals surface area contributed by atoms with Gasteiger partial charge in [-0.1, -0.05) is 26.8 Å². The smallest absolute Gasteiger partial charge is 0.337 e. The van der Waals surface area contributed by atoms with Crippen molar-refractivity contribution in [2.45, 2.75) is 52.1 Å². The molecule has 0 radical (unpaired) electrons. The molecule has 0 atom stereocenters. The summed E-state index contributed by atoms with van der Waals surface area (Å²) in [5.74, 6) is -1.28. The topological polar surface area (TPSA) is 91.8 Å². The van der Waals surface area contributed by atoms with Crippen LogP contribution in [0.1, 0.15) is 56.2 Å². The molecule has 1 aromatic heterocycles. The van der Waals surface area contributed by atoms with E-state index in [1.165, 1.54) is 29.0 Å². The third-order valence-corrected chi connectivity index (χ3v) is 6.58. The number of imide groups is 1. The molecule has 2 heterocycles. The molecule has 0 unspecified atom stereocenters. The quantitative estimate of drug-likeness (QED) is 0.328. The fourth-order valence-electron chi connectivity index (χ4n) is 4.23. The molecule has 1 aliphatic heterocycles. The van der Waals surface area contributed by atoms with Gasteiger partial charge in [0.25, 0.3) is 5.91 Å². The molecule has 1 saturated heterocycles. The second-order valence-electron chi connectivity index (χ2n) is 10.7. The number of hydrogen-bond acceptors (Lipinski definition) is 6. The maximum absolute atomic E-state index is 14.2. The average Bonchev–Trinajstić information content (AvgIpc) is 3.04. The number of pyridine rings is 1. The van der Waals surface area contributed by atoms with Gasteiger partial charge in [0.2, 0.25) is 0 Å². The predicted molar refractivity (Wildman–Crippen MR) is 143 cm³/mol. The molecule has 1 N–H and O–H groups in total. The number of amides is 3. The second-order valence-corrected chi connectivity index (χ2v) is 10.7. The molecule has 0 spiro atoms. The number of esters is 1. The number of hydrogen-bond donors (Lipinski definition) is 1. The van der Waals surface area contributed by atoms with Crippen molar-refractivity contribution in [1.82, 2.24) is 9.88 Å². The zero-order chi connectivity index (χ0) is 27.8. The molecular weight excluding hydrogens is 487 g/mol. The summed E-state index contributed by atoms with van der Waals surface area (Å²) in [5.41, 5.74) is 1.85. The second kappa shape index (κ2) is 9.89. The van der Waals surface area contributed by atoms with Crippen LogP contribution in [0.4, 0.5) is 26.2 Å². The number of urea groups is 1. The first-order chi connectivity index (χ1) is 17.8. The lowest BCUT2D eigenvalue weighted by Gasteiger charge is -2.28. The molecule has 3 amide bonds. The van der Waals surface area contributed by atoms with Crippen molar-refractivity contribution >= 4 is 35.0 Å². The standard InChI is InChI=1S/C29H31FN4O4/c1-28(2,3)24-16-22(13-14-31-24)34-26(36)29(4,5)33(27(34)37)17-19-7-10-20(30)15-23(19)32-21-11-8-18(9-12-21)25(35)38-6/h7-16,32H,17H2,1-6H3. The zero-order valence-electron chi connectivity index (χ0n) is 22.3. The normalized spacial score (nSPS) is 15.1. The van der Waals surface area contributed by atoms with Crippen molar-refractivity contribution < 1.29 is 23.5 Å². The molecule has 38 heavy (non-hydrogen) atoms. The average molecular weight is 519 g/mol. The van der Waals surface area contributed by atoms with E-state index in [0.29, 0.717) is 28.2 Å². The third kappa shape index (κ3) is 5.09. The highest BCUT2D eigenvalue weighted by molar-refractivity contribution is 6.23. The van der Waals surface area contributed by atoms with Crippen LogP contribution in [0.15, 0.2) is 60.8 Å². The molecule has 8 nitrogen and oxygen atoms in total. The van der Waals surface area contributed by atoms with E-state index >= 15 is 0 Å². The Morgan fingerprint density at radius 2 is 1.74 bits per heavy atom. The number of carbonyl (C=O) groups excluding carboxylic acids is 3. The van der Waals surface area contributed by atoms with E-state index in [9.17, 15) is 18.8 Å². The van der Waals surface area contributed by atoms with Gasteiger partial charge < -0.3 is 15.0 Å². The number of nitrogens with zero attached hydrogens (tertiary/aromatic N) is 3. The maximum atomic E-state index is 14.2. The van der Waals surface area contributed by atoms with Gasteiger partial charge in [-0.2, -0.15) is 0 Å². The van der Waals surface area contributed by atoms with Crippen molar-refractivity contribution in [3.8, 4) is 0 Å². The lowest BCUT2D eigenvalue weighted by atomic mass is 9.91. The summed E-state index contributed by atoms with van der Waals surface area (Å²) < 4.78 is 19.0. The maximum Gasteiger partial charge on any atom is 0.337 e. The van der Waals surface area contributed by atoms with E-state index in [0.717, 1.165) is 5.69 Å². The van der Waals surface area contributed by atoms with E-state index in [1.807, 2.05) is 20.8 Å². The number of nitrogens with one attached hydrogen (secondary N) is 1. The molecule has 1 aliphatic rings. The molecule has 3 aromatic rings. The Labute approximate surface area is 221 Å². The highest BCUT2D eigenvalue weighted by Crippen LogP contribution is 2.36. The predicted octanol–water partition coefficient (Wildman–Crippen LogP) is 5.80. The van der Waals surface area contributed by atoms with E-state index in [-0.39, 0.29) is 17.9 Å². The van der Waals surface area contributed by atoms with Crippen LogP contribution < -0.4 is 10.2 Å². The van der Waals surface area contributed by atoms with Crippen LogP contribution in [0.3, 0.4) is 0 Å². The van der Waals surface area contributed by atoms with Crippen molar-refractivity contribution in [2.24, 2.45) is 0 Å². The van der Waals surface area contributed by atoms with Crippen molar-refractivity contribution in [3.05, 3.63) is 83.4 Å². The van der Waals surface area contributed by atoms with Gasteiger partial charge >= 0.3 is 12.0 Å². The first kappa shape index (κ1) is 26.8. The number of aromatic nitrogens is 1. The monoisotopic (exact) mass is 518 g/mol. The number of halogens is 1. The van der Waals surface area contributed by atoms with Crippen molar-refractivity contribution in [1.29, 1.82) is 0 Å². The van der Waals surface area contributed by atoms with Crippen molar-refractivity contribution in [3.63, 3.8) is 0 Å². The van der Waals surface area contributed by atoms with Crippen LogP contribution in [-0.2, 0) is 21.5 Å². The number of carbonyl (C=O) groups is 3. The van der Waals surface area contributed by atoms with E-state index < -0.39 is 23.4 Å². The molecule has 4 rings (SSSR count). The van der Waals surface area contributed by atoms with Gasteiger partial charge in [0.15, 0.2) is 0 Å². The van der Waals surface area contributed by atoms with Gasteiger partial charge in [-0.25, -0.2) is 18.9 Å². The van der Waals surface area contributed by atoms with Crippen LogP contribution in [0, 0.1) is 5.82 Å². The summed E-state index contributed by atoms with van der Waals surface area (Å²) in [4.78, 5) is 45.9. The lowest BCUT2D eigenvalue weighted by molar-refractivity contribution is -0.123. The van der Waals surface area contributed by atoms with Gasteiger partial charge in [-0.15, -0.1) is 0 Å². The van der Waals surface area contributed by atoms with E-state index in [1.54, 1.807) is 62.5 Å².